The number of thiophene rings is 1. The average molecular weight is 307 g/mol. The van der Waals surface area contributed by atoms with Crippen molar-refractivity contribution in [2.45, 2.75) is 50.9 Å². The Balaban J connectivity index is 1.61. The first kappa shape index (κ1) is 14.5. The van der Waals surface area contributed by atoms with Crippen molar-refractivity contribution in [3.05, 3.63) is 22.4 Å². The van der Waals surface area contributed by atoms with E-state index in [2.05, 4.69) is 27.5 Å². The number of amides is 2. The number of nitrogens with zero attached hydrogens (tertiary/aromatic N) is 1. The highest BCUT2D eigenvalue weighted by Gasteiger charge is 2.45. The van der Waals surface area contributed by atoms with Crippen molar-refractivity contribution >= 4 is 23.2 Å². The Bertz CT molecular complexity index is 517. The molecule has 6 heteroatoms. The molecule has 0 saturated carbocycles. The molecule has 2 N–H and O–H groups in total. The third-order valence-electron chi connectivity index (χ3n) is 4.25. The summed E-state index contributed by atoms with van der Waals surface area (Å²) >= 11 is 1.68. The predicted octanol–water partition coefficient (Wildman–Crippen LogP) is 1.11. The summed E-state index contributed by atoms with van der Waals surface area (Å²) in [4.78, 5) is 26.3. The number of hydrogen-bond acceptors (Lipinski definition) is 4. The molecular weight excluding hydrogens is 286 g/mol. The fourth-order valence-electron chi connectivity index (χ4n) is 3.15. The summed E-state index contributed by atoms with van der Waals surface area (Å²) in [7, 11) is 0. The Morgan fingerprint density at radius 1 is 1.48 bits per heavy atom. The van der Waals surface area contributed by atoms with Crippen LogP contribution < -0.4 is 10.6 Å². The Morgan fingerprint density at radius 2 is 2.33 bits per heavy atom. The molecule has 21 heavy (non-hydrogen) atoms. The number of carbonyl (C=O) groups excluding carboxylic acids is 2. The molecule has 2 fully saturated rings. The minimum absolute atomic E-state index is 0.00730. The highest BCUT2D eigenvalue weighted by atomic mass is 32.1. The van der Waals surface area contributed by atoms with Crippen molar-refractivity contribution in [1.29, 1.82) is 0 Å². The second-order valence-electron chi connectivity index (χ2n) is 5.80. The molecule has 2 aliphatic heterocycles. The van der Waals surface area contributed by atoms with Crippen molar-refractivity contribution in [3.63, 3.8) is 0 Å². The van der Waals surface area contributed by atoms with Crippen LogP contribution in [0.4, 0.5) is 0 Å². The van der Waals surface area contributed by atoms with Crippen LogP contribution in [0.15, 0.2) is 16.8 Å². The topological polar surface area (TPSA) is 61.4 Å². The summed E-state index contributed by atoms with van der Waals surface area (Å²) < 4.78 is 0. The lowest BCUT2D eigenvalue weighted by Gasteiger charge is -2.34. The van der Waals surface area contributed by atoms with E-state index in [1.54, 1.807) is 16.2 Å². The van der Waals surface area contributed by atoms with Crippen molar-refractivity contribution in [3.8, 4) is 0 Å². The molecule has 0 bridgehead atoms. The van der Waals surface area contributed by atoms with E-state index in [1.807, 2.05) is 6.92 Å². The monoisotopic (exact) mass is 307 g/mol. The molecule has 1 aromatic rings. The molecule has 5 nitrogen and oxygen atoms in total. The standard InChI is InChI=1S/C15H21N3O2S/c1-2-3-12-15(20)18-8-11(6-13(18)14(19)17-12)16-7-10-4-5-21-9-10/h4-5,9,11-13,16H,2-3,6-8H2,1H3,(H,17,19)/t11-,12-,13-/m0/s1. The van der Waals surface area contributed by atoms with Crippen LogP contribution in [0.5, 0.6) is 0 Å². The van der Waals surface area contributed by atoms with Gasteiger partial charge in [-0.3, -0.25) is 9.59 Å². The third-order valence-corrected chi connectivity index (χ3v) is 4.99. The minimum atomic E-state index is -0.325. The molecule has 114 valence electrons. The van der Waals surface area contributed by atoms with Gasteiger partial charge in [0.15, 0.2) is 0 Å². The fraction of sp³-hybridized carbons (Fsp3) is 0.600. The highest BCUT2D eigenvalue weighted by molar-refractivity contribution is 7.07. The first-order valence-corrected chi connectivity index (χ1v) is 8.48. The second kappa shape index (κ2) is 6.15. The van der Waals surface area contributed by atoms with Crippen LogP contribution in [0.2, 0.25) is 0 Å². The zero-order valence-corrected chi connectivity index (χ0v) is 13.0. The summed E-state index contributed by atoms with van der Waals surface area (Å²) in [6, 6.07) is 1.68. The first-order valence-electron chi connectivity index (χ1n) is 7.54. The van der Waals surface area contributed by atoms with E-state index >= 15 is 0 Å². The first-order chi connectivity index (χ1) is 10.2. The Morgan fingerprint density at radius 3 is 3.05 bits per heavy atom. The number of hydrogen-bond donors (Lipinski definition) is 2. The number of rotatable bonds is 5. The van der Waals surface area contributed by atoms with Gasteiger partial charge in [-0.25, -0.2) is 0 Å². The van der Waals surface area contributed by atoms with E-state index in [0.29, 0.717) is 13.0 Å². The molecule has 3 atom stereocenters. The normalized spacial score (nSPS) is 28.6. The van der Waals surface area contributed by atoms with Crippen molar-refractivity contribution < 1.29 is 9.59 Å². The van der Waals surface area contributed by atoms with Gasteiger partial charge in [0.2, 0.25) is 11.8 Å². The number of nitrogens with one attached hydrogen (secondary N) is 2. The summed E-state index contributed by atoms with van der Waals surface area (Å²) in [5.41, 5.74) is 1.25. The third kappa shape index (κ3) is 2.96. The number of piperazine rings is 1. The van der Waals surface area contributed by atoms with Gasteiger partial charge in [-0.1, -0.05) is 13.3 Å². The number of fused-ring (bicyclic) bond motifs is 1. The largest absolute Gasteiger partial charge is 0.343 e. The molecule has 0 unspecified atom stereocenters. The van der Waals surface area contributed by atoms with E-state index in [9.17, 15) is 9.59 Å². The quantitative estimate of drug-likeness (QED) is 0.856. The molecule has 0 radical (unpaired) electrons. The van der Waals surface area contributed by atoms with Crippen molar-refractivity contribution in [2.75, 3.05) is 6.54 Å². The van der Waals surface area contributed by atoms with Crippen LogP contribution >= 0.6 is 11.3 Å². The Labute approximate surface area is 128 Å². The van der Waals surface area contributed by atoms with Crippen LogP contribution in [0.25, 0.3) is 0 Å². The predicted molar refractivity (Wildman–Crippen MR) is 81.9 cm³/mol. The van der Waals surface area contributed by atoms with Gasteiger partial charge in [-0.15, -0.1) is 0 Å². The van der Waals surface area contributed by atoms with Crippen LogP contribution in [-0.2, 0) is 16.1 Å². The van der Waals surface area contributed by atoms with Crippen LogP contribution in [0.3, 0.4) is 0 Å². The molecule has 0 spiro atoms. The maximum absolute atomic E-state index is 12.4. The van der Waals surface area contributed by atoms with Gasteiger partial charge in [0, 0.05) is 19.1 Å². The molecule has 0 aromatic carbocycles. The zero-order chi connectivity index (χ0) is 14.8. The maximum atomic E-state index is 12.4. The van der Waals surface area contributed by atoms with Gasteiger partial charge in [-0.2, -0.15) is 11.3 Å². The summed E-state index contributed by atoms with van der Waals surface area (Å²) in [6.45, 7) is 3.46. The summed E-state index contributed by atoms with van der Waals surface area (Å²) in [5, 5.41) is 10.5. The molecule has 2 amide bonds. The fourth-order valence-corrected chi connectivity index (χ4v) is 3.81. The maximum Gasteiger partial charge on any atom is 0.245 e. The lowest BCUT2D eigenvalue weighted by atomic mass is 10.0. The van der Waals surface area contributed by atoms with Crippen LogP contribution in [0, 0.1) is 0 Å². The second-order valence-corrected chi connectivity index (χ2v) is 6.58. The van der Waals surface area contributed by atoms with Gasteiger partial charge in [-0.05, 0) is 35.2 Å². The van der Waals surface area contributed by atoms with E-state index < -0.39 is 0 Å². The van der Waals surface area contributed by atoms with Gasteiger partial charge in [0.25, 0.3) is 0 Å². The highest BCUT2D eigenvalue weighted by Crippen LogP contribution is 2.24. The summed E-state index contributed by atoms with van der Waals surface area (Å²) in [5.74, 6) is 0.0918. The van der Waals surface area contributed by atoms with E-state index in [-0.39, 0.29) is 29.9 Å². The van der Waals surface area contributed by atoms with Gasteiger partial charge < -0.3 is 15.5 Å². The van der Waals surface area contributed by atoms with Crippen molar-refractivity contribution in [2.24, 2.45) is 0 Å². The molecule has 1 aromatic heterocycles. The Kier molecular flexibility index (Phi) is 4.26. The van der Waals surface area contributed by atoms with E-state index in [0.717, 1.165) is 19.4 Å². The lowest BCUT2D eigenvalue weighted by Crippen LogP contribution is -2.61. The molecule has 0 aliphatic carbocycles. The van der Waals surface area contributed by atoms with Crippen LogP contribution in [0.1, 0.15) is 31.7 Å². The SMILES string of the molecule is CCC[C@@H]1NC(=O)[C@@H]2C[C@H](NCc3ccsc3)CN2C1=O. The molecule has 2 aliphatic rings. The van der Waals surface area contributed by atoms with E-state index in [4.69, 9.17) is 0 Å². The summed E-state index contributed by atoms with van der Waals surface area (Å²) in [6.07, 6.45) is 2.33. The number of carbonyl (C=O) groups is 2. The molecule has 3 heterocycles. The molecule has 3 rings (SSSR count). The van der Waals surface area contributed by atoms with E-state index in [1.165, 1.54) is 5.56 Å². The molecule has 2 saturated heterocycles. The van der Waals surface area contributed by atoms with Gasteiger partial charge in [0.05, 0.1) is 0 Å². The van der Waals surface area contributed by atoms with Gasteiger partial charge in [0.1, 0.15) is 12.1 Å². The Hall–Kier alpha value is -1.40. The minimum Gasteiger partial charge on any atom is -0.343 e. The zero-order valence-electron chi connectivity index (χ0n) is 12.2. The van der Waals surface area contributed by atoms with Crippen LogP contribution in [-0.4, -0.2) is 41.4 Å². The molecular formula is C15H21N3O2S. The van der Waals surface area contributed by atoms with Crippen molar-refractivity contribution in [1.82, 2.24) is 15.5 Å². The average Bonchev–Trinajstić information content (AvgIpc) is 3.12. The lowest BCUT2D eigenvalue weighted by molar-refractivity contribution is -0.147. The van der Waals surface area contributed by atoms with Gasteiger partial charge >= 0.3 is 0 Å². The smallest absolute Gasteiger partial charge is 0.245 e.